The highest BCUT2D eigenvalue weighted by Crippen LogP contribution is 2.34. The van der Waals surface area contributed by atoms with Gasteiger partial charge in [-0.1, -0.05) is 15.9 Å². The van der Waals surface area contributed by atoms with E-state index in [2.05, 4.69) is 21.2 Å². The van der Waals surface area contributed by atoms with Crippen LogP contribution >= 0.6 is 15.9 Å². The second kappa shape index (κ2) is 8.36. The van der Waals surface area contributed by atoms with Crippen LogP contribution in [0.15, 0.2) is 22.7 Å². The number of amides is 2. The Bertz CT molecular complexity index is 704. The molecule has 0 aliphatic carbocycles. The number of alkyl halides is 6. The van der Waals surface area contributed by atoms with E-state index in [1.54, 1.807) is 5.48 Å². The van der Waals surface area contributed by atoms with Crippen LogP contribution in [0, 0.1) is 0 Å². The fourth-order valence-electron chi connectivity index (χ4n) is 1.84. The number of carbonyl (C=O) groups excluding carboxylic acids is 2. The van der Waals surface area contributed by atoms with E-state index in [1.807, 2.05) is 0 Å². The molecule has 1 rings (SSSR count). The maximum Gasteiger partial charge on any atom is 0.416 e. The van der Waals surface area contributed by atoms with Gasteiger partial charge in [-0.15, -0.1) is 0 Å². The lowest BCUT2D eigenvalue weighted by Crippen LogP contribution is -2.53. The average Bonchev–Trinajstić information content (AvgIpc) is 2.48. The normalized spacial score (nSPS) is 12.5. The molecule has 0 bridgehead atoms. The van der Waals surface area contributed by atoms with Crippen molar-refractivity contribution < 1.29 is 40.8 Å². The fourth-order valence-corrected chi connectivity index (χ4v) is 2.31. The first-order chi connectivity index (χ1) is 12.1. The molecule has 0 aliphatic heterocycles. The first-order valence-electron chi connectivity index (χ1n) is 7.33. The van der Waals surface area contributed by atoms with E-state index in [-0.39, 0.29) is 10.2 Å². The molecule has 2 amide bonds. The summed E-state index contributed by atoms with van der Waals surface area (Å²) in [5.74, 6) is -1.23. The number of Topliss-reactive ketones (excluding diaryl/α,β-unsaturated/α-hetero) is 1. The van der Waals surface area contributed by atoms with Gasteiger partial charge in [-0.25, -0.2) is 4.79 Å². The molecule has 1 aromatic rings. The third kappa shape index (κ3) is 8.06. The average molecular weight is 465 g/mol. The molecular weight excluding hydrogens is 450 g/mol. The van der Waals surface area contributed by atoms with Gasteiger partial charge in [0.15, 0.2) is 11.5 Å². The molecule has 0 aromatic heterocycles. The van der Waals surface area contributed by atoms with Crippen LogP contribution in [0.1, 0.15) is 32.3 Å². The number of rotatable bonds is 6. The molecule has 0 saturated carbocycles. The lowest BCUT2D eigenvalue weighted by atomic mass is 9.95. The van der Waals surface area contributed by atoms with Crippen molar-refractivity contribution in [3.63, 3.8) is 0 Å². The predicted octanol–water partition coefficient (Wildman–Crippen LogP) is 4.75. The monoisotopic (exact) mass is 464 g/mol. The van der Waals surface area contributed by atoms with Crippen LogP contribution in [0.4, 0.5) is 31.1 Å². The summed E-state index contributed by atoms with van der Waals surface area (Å²) in [4.78, 5) is 28.3. The SMILES string of the molecule is CC(C)(NC(=O)NOc1cc(Br)cc(C(F)(F)F)c1)C(=O)CCC(F)(F)F. The quantitative estimate of drug-likeness (QED) is 0.471. The van der Waals surface area contributed by atoms with Crippen molar-refractivity contribution in [2.75, 3.05) is 0 Å². The molecule has 0 saturated heterocycles. The topological polar surface area (TPSA) is 67.4 Å². The van der Waals surface area contributed by atoms with Crippen LogP contribution in [0.5, 0.6) is 5.75 Å². The lowest BCUT2D eigenvalue weighted by Gasteiger charge is -2.25. The van der Waals surface area contributed by atoms with Gasteiger partial charge >= 0.3 is 18.4 Å². The van der Waals surface area contributed by atoms with Crippen LogP contribution < -0.4 is 15.6 Å². The third-order valence-corrected chi connectivity index (χ3v) is 3.68. The lowest BCUT2D eigenvalue weighted by molar-refractivity contribution is -0.145. The van der Waals surface area contributed by atoms with Crippen LogP contribution in [0.3, 0.4) is 0 Å². The van der Waals surface area contributed by atoms with Gasteiger partial charge in [-0.05, 0) is 32.0 Å². The fraction of sp³-hybridized carbons (Fsp3) is 0.467. The minimum absolute atomic E-state index is 0.0391. The Labute approximate surface area is 158 Å². The molecule has 0 spiro atoms. The standard InChI is InChI=1S/C15H15BrF6N2O3/c1-13(2,11(25)3-4-14(17,18)19)23-12(26)24-27-10-6-8(15(20,21)22)5-9(16)7-10/h5-7H,3-4H2,1-2H3,(H2,23,24,26). The number of ketones is 1. The summed E-state index contributed by atoms with van der Waals surface area (Å²) in [5, 5.41) is 2.10. The first kappa shape index (κ1) is 23.1. The van der Waals surface area contributed by atoms with Gasteiger partial charge in [-0.3, -0.25) is 4.79 Å². The Morgan fingerprint density at radius 1 is 1.07 bits per heavy atom. The molecule has 0 atom stereocenters. The van der Waals surface area contributed by atoms with E-state index < -0.39 is 48.1 Å². The van der Waals surface area contributed by atoms with Crippen LogP contribution in [0.2, 0.25) is 0 Å². The number of hydroxylamine groups is 1. The first-order valence-corrected chi connectivity index (χ1v) is 8.12. The van der Waals surface area contributed by atoms with Crippen LogP contribution in [0.25, 0.3) is 0 Å². The van der Waals surface area contributed by atoms with Gasteiger partial charge in [0, 0.05) is 10.9 Å². The molecule has 0 heterocycles. The van der Waals surface area contributed by atoms with Crippen molar-refractivity contribution in [2.24, 2.45) is 0 Å². The highest BCUT2D eigenvalue weighted by molar-refractivity contribution is 9.10. The predicted molar refractivity (Wildman–Crippen MR) is 85.8 cm³/mol. The van der Waals surface area contributed by atoms with E-state index in [1.165, 1.54) is 13.8 Å². The Kier molecular flexibility index (Phi) is 7.14. The largest absolute Gasteiger partial charge is 0.416 e. The smallest absolute Gasteiger partial charge is 0.378 e. The molecule has 0 radical (unpaired) electrons. The maximum atomic E-state index is 12.7. The summed E-state index contributed by atoms with van der Waals surface area (Å²) in [6, 6.07) is 1.46. The van der Waals surface area contributed by atoms with Gasteiger partial charge in [0.2, 0.25) is 0 Å². The summed E-state index contributed by atoms with van der Waals surface area (Å²) in [7, 11) is 0. The minimum atomic E-state index is -4.64. The number of hydrogen-bond acceptors (Lipinski definition) is 3. The number of carbonyl (C=O) groups is 2. The van der Waals surface area contributed by atoms with Gasteiger partial charge in [0.25, 0.3) is 0 Å². The summed E-state index contributed by atoms with van der Waals surface area (Å²) >= 11 is 2.87. The molecule has 152 valence electrons. The summed E-state index contributed by atoms with van der Waals surface area (Å²) in [6.45, 7) is 2.37. The molecule has 27 heavy (non-hydrogen) atoms. The van der Waals surface area contributed by atoms with Gasteiger partial charge < -0.3 is 10.2 Å². The van der Waals surface area contributed by atoms with Crippen molar-refractivity contribution >= 4 is 27.7 Å². The summed E-state index contributed by atoms with van der Waals surface area (Å²) in [6.07, 6.45) is -11.3. The molecule has 2 N–H and O–H groups in total. The molecule has 5 nitrogen and oxygen atoms in total. The van der Waals surface area contributed by atoms with Gasteiger partial charge in [-0.2, -0.15) is 31.8 Å². The number of halogens is 7. The number of hydrogen-bond donors (Lipinski definition) is 2. The van der Waals surface area contributed by atoms with Crippen molar-refractivity contribution in [3.8, 4) is 5.75 Å². The van der Waals surface area contributed by atoms with Crippen LogP contribution in [-0.4, -0.2) is 23.5 Å². The highest BCUT2D eigenvalue weighted by atomic mass is 79.9. The summed E-state index contributed by atoms with van der Waals surface area (Å²) in [5.41, 5.74) is -0.901. The summed E-state index contributed by atoms with van der Waals surface area (Å²) < 4.78 is 74.7. The number of nitrogens with one attached hydrogen (secondary N) is 2. The second-order valence-corrected chi connectivity index (χ2v) is 6.91. The number of urea groups is 1. The Hall–Kier alpha value is -1.98. The molecule has 0 fully saturated rings. The second-order valence-electron chi connectivity index (χ2n) is 5.99. The number of benzene rings is 1. The minimum Gasteiger partial charge on any atom is -0.378 e. The Morgan fingerprint density at radius 2 is 1.67 bits per heavy atom. The van der Waals surface area contributed by atoms with E-state index in [4.69, 9.17) is 4.84 Å². The zero-order valence-corrected chi connectivity index (χ0v) is 15.6. The van der Waals surface area contributed by atoms with Gasteiger partial charge in [0.05, 0.1) is 17.5 Å². The van der Waals surface area contributed by atoms with Crippen molar-refractivity contribution in [1.82, 2.24) is 10.8 Å². The highest BCUT2D eigenvalue weighted by Gasteiger charge is 2.34. The molecular formula is C15H15BrF6N2O3. The maximum absolute atomic E-state index is 12.7. The van der Waals surface area contributed by atoms with E-state index in [9.17, 15) is 35.9 Å². The Morgan fingerprint density at radius 3 is 2.19 bits per heavy atom. The molecule has 12 heteroatoms. The van der Waals surface area contributed by atoms with E-state index in [0.29, 0.717) is 6.07 Å². The zero-order chi connectivity index (χ0) is 21.0. The van der Waals surface area contributed by atoms with E-state index in [0.717, 1.165) is 12.1 Å². The van der Waals surface area contributed by atoms with Crippen molar-refractivity contribution in [2.45, 2.75) is 44.6 Å². The van der Waals surface area contributed by atoms with Crippen LogP contribution in [-0.2, 0) is 11.0 Å². The molecule has 0 unspecified atom stereocenters. The van der Waals surface area contributed by atoms with Gasteiger partial charge in [0.1, 0.15) is 0 Å². The third-order valence-electron chi connectivity index (χ3n) is 3.22. The molecule has 0 aliphatic rings. The van der Waals surface area contributed by atoms with Crippen molar-refractivity contribution in [1.29, 1.82) is 0 Å². The molecule has 1 aromatic carbocycles. The Balaban J connectivity index is 2.67. The zero-order valence-electron chi connectivity index (χ0n) is 14.0. The van der Waals surface area contributed by atoms with Crippen molar-refractivity contribution in [3.05, 3.63) is 28.2 Å². The van der Waals surface area contributed by atoms with E-state index >= 15 is 0 Å².